The third kappa shape index (κ3) is 5.31. The first-order valence-corrected chi connectivity index (χ1v) is 12.1. The Bertz CT molecular complexity index is 1680. The van der Waals surface area contributed by atoms with Gasteiger partial charge in [0, 0.05) is 27.7 Å². The highest BCUT2D eigenvalue weighted by Gasteiger charge is 2.13. The molecule has 0 radical (unpaired) electrons. The van der Waals surface area contributed by atoms with Crippen molar-refractivity contribution in [3.63, 3.8) is 0 Å². The molecule has 0 saturated carbocycles. The van der Waals surface area contributed by atoms with E-state index in [0.29, 0.717) is 28.0 Å². The van der Waals surface area contributed by atoms with Crippen LogP contribution in [0.25, 0.3) is 22.3 Å². The summed E-state index contributed by atoms with van der Waals surface area (Å²) in [7, 11) is 0. The summed E-state index contributed by atoms with van der Waals surface area (Å²) in [5.74, 6) is 0.956. The first kappa shape index (κ1) is 24.1. The molecule has 1 aromatic heterocycles. The van der Waals surface area contributed by atoms with E-state index in [1.807, 2.05) is 48.5 Å². The second-order valence-electron chi connectivity index (χ2n) is 8.07. The van der Waals surface area contributed by atoms with Gasteiger partial charge in [-0.3, -0.25) is 14.9 Å². The van der Waals surface area contributed by atoms with E-state index in [9.17, 15) is 14.9 Å². The first-order chi connectivity index (χ1) is 18.0. The maximum Gasteiger partial charge on any atom is 0.282 e. The smallest absolute Gasteiger partial charge is 0.282 e. The molecular formula is C28H19BrN4O4. The summed E-state index contributed by atoms with van der Waals surface area (Å²) in [6.07, 6.45) is 1.56. The summed E-state index contributed by atoms with van der Waals surface area (Å²) in [4.78, 5) is 28.6. The second-order valence-corrected chi connectivity index (χ2v) is 8.99. The van der Waals surface area contributed by atoms with Crippen molar-refractivity contribution in [1.29, 1.82) is 0 Å². The maximum absolute atomic E-state index is 13.4. The minimum absolute atomic E-state index is 0.0175. The lowest BCUT2D eigenvalue weighted by molar-refractivity contribution is -0.384. The number of fused-ring (bicyclic) bond motifs is 1. The highest BCUT2D eigenvalue weighted by molar-refractivity contribution is 9.10. The van der Waals surface area contributed by atoms with Crippen molar-refractivity contribution < 1.29 is 9.66 Å². The minimum Gasteiger partial charge on any atom is -0.488 e. The maximum atomic E-state index is 13.4. The summed E-state index contributed by atoms with van der Waals surface area (Å²) in [5.41, 5.74) is 2.49. The van der Waals surface area contributed by atoms with Crippen LogP contribution in [0.4, 0.5) is 5.69 Å². The quantitative estimate of drug-likeness (QED) is 0.135. The number of rotatable bonds is 7. The molecule has 9 heteroatoms. The Kier molecular flexibility index (Phi) is 6.87. The lowest BCUT2D eigenvalue weighted by Crippen LogP contribution is -2.20. The Balaban J connectivity index is 1.51. The third-order valence-electron chi connectivity index (χ3n) is 5.61. The SMILES string of the molecule is O=c1c2ccccc2nc(-c2ccccc2)n1N=Cc1cc(Br)ccc1OCc1ccc([N+](=O)[O-])cc1. The van der Waals surface area contributed by atoms with Gasteiger partial charge < -0.3 is 4.74 Å². The molecular weight excluding hydrogens is 536 g/mol. The van der Waals surface area contributed by atoms with Gasteiger partial charge in [0.1, 0.15) is 12.4 Å². The molecule has 0 amide bonds. The van der Waals surface area contributed by atoms with Crippen molar-refractivity contribution in [2.24, 2.45) is 5.10 Å². The summed E-state index contributed by atoms with van der Waals surface area (Å²) in [6.45, 7) is 0.202. The molecule has 0 unspecified atom stereocenters. The van der Waals surface area contributed by atoms with Crippen LogP contribution in [0.2, 0.25) is 0 Å². The molecule has 5 aromatic rings. The highest BCUT2D eigenvalue weighted by Crippen LogP contribution is 2.24. The van der Waals surface area contributed by atoms with Crippen molar-refractivity contribution in [3.05, 3.63) is 133 Å². The molecule has 0 N–H and O–H groups in total. The lowest BCUT2D eigenvalue weighted by atomic mass is 10.2. The Hall–Kier alpha value is -4.63. The number of nitrogens with zero attached hydrogens (tertiary/aromatic N) is 4. The second kappa shape index (κ2) is 10.5. The molecule has 0 spiro atoms. The van der Waals surface area contributed by atoms with E-state index < -0.39 is 4.92 Å². The average Bonchev–Trinajstić information content (AvgIpc) is 2.92. The van der Waals surface area contributed by atoms with Crippen LogP contribution in [0.3, 0.4) is 0 Å². The fraction of sp³-hybridized carbons (Fsp3) is 0.0357. The zero-order chi connectivity index (χ0) is 25.8. The molecule has 0 fully saturated rings. The van der Waals surface area contributed by atoms with Gasteiger partial charge in [-0.2, -0.15) is 9.78 Å². The van der Waals surface area contributed by atoms with Crippen LogP contribution >= 0.6 is 15.9 Å². The largest absolute Gasteiger partial charge is 0.488 e. The summed E-state index contributed by atoms with van der Waals surface area (Å²) < 4.78 is 8.10. The molecule has 0 aliphatic rings. The zero-order valence-electron chi connectivity index (χ0n) is 19.3. The number of halogens is 1. The molecule has 37 heavy (non-hydrogen) atoms. The van der Waals surface area contributed by atoms with Crippen molar-refractivity contribution in [1.82, 2.24) is 9.66 Å². The number of aromatic nitrogens is 2. The normalized spacial score (nSPS) is 11.2. The minimum atomic E-state index is -0.443. The van der Waals surface area contributed by atoms with Gasteiger partial charge in [-0.15, -0.1) is 0 Å². The summed E-state index contributed by atoms with van der Waals surface area (Å²) in [6, 6.07) is 28.2. The number of ether oxygens (including phenoxy) is 1. The van der Waals surface area contributed by atoms with E-state index in [4.69, 9.17) is 9.72 Å². The van der Waals surface area contributed by atoms with Crippen molar-refractivity contribution >= 4 is 38.7 Å². The van der Waals surface area contributed by atoms with Gasteiger partial charge in [0.2, 0.25) is 0 Å². The number of nitro benzene ring substituents is 1. The number of non-ortho nitro benzene ring substituents is 1. The monoisotopic (exact) mass is 554 g/mol. The zero-order valence-corrected chi connectivity index (χ0v) is 20.9. The Morgan fingerprint density at radius 2 is 1.70 bits per heavy atom. The number of para-hydroxylation sites is 1. The van der Waals surface area contributed by atoms with Gasteiger partial charge in [-0.1, -0.05) is 58.4 Å². The predicted molar refractivity (Wildman–Crippen MR) is 146 cm³/mol. The van der Waals surface area contributed by atoms with Crippen molar-refractivity contribution in [3.8, 4) is 17.1 Å². The molecule has 0 atom stereocenters. The van der Waals surface area contributed by atoms with E-state index >= 15 is 0 Å². The first-order valence-electron chi connectivity index (χ1n) is 11.3. The van der Waals surface area contributed by atoms with E-state index in [0.717, 1.165) is 15.6 Å². The molecule has 5 rings (SSSR count). The number of hydrogen-bond acceptors (Lipinski definition) is 6. The Morgan fingerprint density at radius 3 is 2.46 bits per heavy atom. The van der Waals surface area contributed by atoms with Crippen molar-refractivity contribution in [2.75, 3.05) is 0 Å². The number of hydrogen-bond donors (Lipinski definition) is 0. The van der Waals surface area contributed by atoms with E-state index in [1.165, 1.54) is 16.8 Å². The summed E-state index contributed by atoms with van der Waals surface area (Å²) in [5, 5.41) is 15.9. The van der Waals surface area contributed by atoms with Gasteiger partial charge >= 0.3 is 0 Å². The van der Waals surface area contributed by atoms with Crippen LogP contribution in [-0.2, 0) is 6.61 Å². The van der Waals surface area contributed by atoms with Gasteiger partial charge in [0.15, 0.2) is 5.82 Å². The standard InChI is InChI=1S/C28H19BrN4O4/c29-22-12-15-26(37-18-19-10-13-23(14-11-19)33(35)36)21(16-22)17-30-32-27(20-6-2-1-3-7-20)31-25-9-5-4-8-24(25)28(32)34/h1-17H,18H2. The third-order valence-corrected chi connectivity index (χ3v) is 6.10. The van der Waals surface area contributed by atoms with Gasteiger partial charge in [0.05, 0.1) is 22.0 Å². The van der Waals surface area contributed by atoms with Crippen LogP contribution in [-0.4, -0.2) is 20.8 Å². The lowest BCUT2D eigenvalue weighted by Gasteiger charge is -2.11. The molecule has 0 saturated heterocycles. The number of nitro groups is 1. The molecule has 8 nitrogen and oxygen atoms in total. The van der Waals surface area contributed by atoms with Crippen LogP contribution < -0.4 is 10.3 Å². The Labute approximate surface area is 219 Å². The Morgan fingerprint density at radius 1 is 0.973 bits per heavy atom. The van der Waals surface area contributed by atoms with Gasteiger partial charge in [-0.05, 0) is 48.0 Å². The molecule has 0 aliphatic heterocycles. The predicted octanol–water partition coefficient (Wildman–Crippen LogP) is 6.20. The van der Waals surface area contributed by atoms with Crippen LogP contribution in [0, 0.1) is 10.1 Å². The van der Waals surface area contributed by atoms with E-state index in [2.05, 4.69) is 21.0 Å². The fourth-order valence-electron chi connectivity index (χ4n) is 3.75. The van der Waals surface area contributed by atoms with E-state index in [-0.39, 0.29) is 17.9 Å². The summed E-state index contributed by atoms with van der Waals surface area (Å²) >= 11 is 3.48. The fourth-order valence-corrected chi connectivity index (χ4v) is 4.13. The van der Waals surface area contributed by atoms with Crippen LogP contribution in [0.15, 0.2) is 111 Å². The van der Waals surface area contributed by atoms with Crippen LogP contribution in [0.5, 0.6) is 5.75 Å². The van der Waals surface area contributed by atoms with Gasteiger partial charge in [-0.25, -0.2) is 4.98 Å². The van der Waals surface area contributed by atoms with Crippen molar-refractivity contribution in [2.45, 2.75) is 6.61 Å². The molecule has 4 aromatic carbocycles. The molecule has 0 aliphatic carbocycles. The van der Waals surface area contributed by atoms with Gasteiger partial charge in [0.25, 0.3) is 11.2 Å². The molecule has 182 valence electrons. The average molecular weight is 555 g/mol. The molecule has 1 heterocycles. The molecule has 0 bridgehead atoms. The highest BCUT2D eigenvalue weighted by atomic mass is 79.9. The topological polar surface area (TPSA) is 99.6 Å². The van der Waals surface area contributed by atoms with Crippen LogP contribution in [0.1, 0.15) is 11.1 Å². The van der Waals surface area contributed by atoms with E-state index in [1.54, 1.807) is 42.6 Å². The number of benzene rings is 4.